The predicted octanol–water partition coefficient (Wildman–Crippen LogP) is 3.61. The quantitative estimate of drug-likeness (QED) is 0.653. The van der Waals surface area contributed by atoms with Crippen LogP contribution in [0.5, 0.6) is 5.75 Å². The Hall–Kier alpha value is -1.55. The Bertz CT molecular complexity index is 450. The van der Waals surface area contributed by atoms with Gasteiger partial charge in [0.25, 0.3) is 0 Å². The van der Waals surface area contributed by atoms with Crippen molar-refractivity contribution in [3.05, 3.63) is 29.8 Å². The predicted molar refractivity (Wildman–Crippen MR) is 89.5 cm³/mol. The van der Waals surface area contributed by atoms with Crippen LogP contribution in [0.4, 0.5) is 0 Å². The smallest absolute Gasteiger partial charge is 0.338 e. The first-order valence-electron chi connectivity index (χ1n) is 8.04. The van der Waals surface area contributed by atoms with Gasteiger partial charge in [0, 0.05) is 12.0 Å². The standard InChI is InChI=1S/C18H29NO3/c1-6-19(7-2)13-18(4,5)14-22-17(20)15-9-11-16(12-10-15)21-8-3/h9-12H,6-8,13-14H2,1-5H3. The lowest BCUT2D eigenvalue weighted by atomic mass is 9.94. The summed E-state index contributed by atoms with van der Waals surface area (Å²) >= 11 is 0. The fourth-order valence-electron chi connectivity index (χ4n) is 2.30. The number of rotatable bonds is 9. The molecule has 0 unspecified atom stereocenters. The molecule has 0 aliphatic carbocycles. The van der Waals surface area contributed by atoms with E-state index in [-0.39, 0.29) is 11.4 Å². The highest BCUT2D eigenvalue weighted by Gasteiger charge is 2.23. The summed E-state index contributed by atoms with van der Waals surface area (Å²) in [6.45, 7) is 14.4. The first kappa shape index (κ1) is 18.5. The molecule has 1 aromatic rings. The Labute approximate surface area is 134 Å². The second-order valence-corrected chi connectivity index (χ2v) is 6.16. The van der Waals surface area contributed by atoms with E-state index in [4.69, 9.17) is 9.47 Å². The molecule has 0 atom stereocenters. The van der Waals surface area contributed by atoms with E-state index in [0.29, 0.717) is 18.8 Å². The van der Waals surface area contributed by atoms with Gasteiger partial charge in [-0.3, -0.25) is 0 Å². The molecule has 0 aliphatic heterocycles. The zero-order valence-electron chi connectivity index (χ0n) is 14.5. The van der Waals surface area contributed by atoms with E-state index in [2.05, 4.69) is 32.6 Å². The molecule has 0 fully saturated rings. The topological polar surface area (TPSA) is 38.8 Å². The van der Waals surface area contributed by atoms with Crippen molar-refractivity contribution in [3.8, 4) is 5.75 Å². The molecule has 0 radical (unpaired) electrons. The van der Waals surface area contributed by atoms with Crippen LogP contribution in [-0.2, 0) is 4.74 Å². The van der Waals surface area contributed by atoms with Crippen LogP contribution in [-0.4, -0.2) is 43.7 Å². The van der Waals surface area contributed by atoms with Crippen LogP contribution in [0, 0.1) is 5.41 Å². The molecule has 0 heterocycles. The summed E-state index contributed by atoms with van der Waals surface area (Å²) in [5.74, 6) is 0.483. The van der Waals surface area contributed by atoms with Crippen LogP contribution in [0.3, 0.4) is 0 Å². The summed E-state index contributed by atoms with van der Waals surface area (Å²) in [5.41, 5.74) is 0.495. The molecular formula is C18H29NO3. The van der Waals surface area contributed by atoms with Crippen LogP contribution in [0.25, 0.3) is 0 Å². The van der Waals surface area contributed by atoms with Crippen LogP contribution in [0.1, 0.15) is 45.0 Å². The minimum Gasteiger partial charge on any atom is -0.494 e. The number of carbonyl (C=O) groups excluding carboxylic acids is 1. The van der Waals surface area contributed by atoms with E-state index < -0.39 is 0 Å². The van der Waals surface area contributed by atoms with Gasteiger partial charge in [-0.2, -0.15) is 0 Å². The maximum Gasteiger partial charge on any atom is 0.338 e. The first-order chi connectivity index (χ1) is 10.4. The normalized spacial score (nSPS) is 11.5. The van der Waals surface area contributed by atoms with Gasteiger partial charge in [-0.1, -0.05) is 27.7 Å². The number of hydrogen-bond acceptors (Lipinski definition) is 4. The van der Waals surface area contributed by atoms with E-state index in [0.717, 1.165) is 25.4 Å². The fourth-order valence-corrected chi connectivity index (χ4v) is 2.30. The molecule has 0 aliphatic rings. The average molecular weight is 307 g/mol. The maximum atomic E-state index is 12.1. The summed E-state index contributed by atoms with van der Waals surface area (Å²) in [7, 11) is 0. The molecule has 22 heavy (non-hydrogen) atoms. The van der Waals surface area contributed by atoms with Crippen molar-refractivity contribution in [2.75, 3.05) is 32.8 Å². The lowest BCUT2D eigenvalue weighted by Gasteiger charge is -2.30. The second kappa shape index (κ2) is 8.79. The molecule has 1 rings (SSSR count). The van der Waals surface area contributed by atoms with E-state index in [1.165, 1.54) is 0 Å². The van der Waals surface area contributed by atoms with Crippen molar-refractivity contribution >= 4 is 5.97 Å². The van der Waals surface area contributed by atoms with E-state index in [1.807, 2.05) is 6.92 Å². The van der Waals surface area contributed by atoms with Gasteiger partial charge in [0.1, 0.15) is 5.75 Å². The molecule has 0 aromatic heterocycles. The van der Waals surface area contributed by atoms with Gasteiger partial charge in [-0.15, -0.1) is 0 Å². The lowest BCUT2D eigenvalue weighted by molar-refractivity contribution is 0.0274. The molecule has 1 aromatic carbocycles. The van der Waals surface area contributed by atoms with Gasteiger partial charge < -0.3 is 14.4 Å². The molecule has 0 N–H and O–H groups in total. The highest BCUT2D eigenvalue weighted by molar-refractivity contribution is 5.89. The monoisotopic (exact) mass is 307 g/mol. The van der Waals surface area contributed by atoms with Crippen molar-refractivity contribution < 1.29 is 14.3 Å². The molecule has 0 bridgehead atoms. The maximum absolute atomic E-state index is 12.1. The number of esters is 1. The molecule has 4 nitrogen and oxygen atoms in total. The van der Waals surface area contributed by atoms with Crippen LogP contribution < -0.4 is 4.74 Å². The zero-order chi connectivity index (χ0) is 16.6. The number of ether oxygens (including phenoxy) is 2. The van der Waals surface area contributed by atoms with Crippen LogP contribution >= 0.6 is 0 Å². The Balaban J connectivity index is 2.53. The zero-order valence-corrected chi connectivity index (χ0v) is 14.5. The number of hydrogen-bond donors (Lipinski definition) is 0. The third-order valence-corrected chi connectivity index (χ3v) is 3.54. The van der Waals surface area contributed by atoms with E-state index >= 15 is 0 Å². The highest BCUT2D eigenvalue weighted by Crippen LogP contribution is 2.19. The number of carbonyl (C=O) groups is 1. The number of benzene rings is 1. The third-order valence-electron chi connectivity index (χ3n) is 3.54. The van der Waals surface area contributed by atoms with Crippen molar-refractivity contribution in [3.63, 3.8) is 0 Å². The van der Waals surface area contributed by atoms with Crippen molar-refractivity contribution in [2.24, 2.45) is 5.41 Å². The minimum atomic E-state index is -0.282. The highest BCUT2D eigenvalue weighted by atomic mass is 16.5. The summed E-state index contributed by atoms with van der Waals surface area (Å²) in [6.07, 6.45) is 0. The molecular weight excluding hydrogens is 278 g/mol. The Morgan fingerprint density at radius 3 is 2.18 bits per heavy atom. The lowest BCUT2D eigenvalue weighted by Crippen LogP contribution is -2.37. The van der Waals surface area contributed by atoms with E-state index in [1.54, 1.807) is 24.3 Å². The van der Waals surface area contributed by atoms with Crippen LogP contribution in [0.2, 0.25) is 0 Å². The third kappa shape index (κ3) is 6.06. The van der Waals surface area contributed by atoms with Gasteiger partial charge in [-0.05, 0) is 44.3 Å². The van der Waals surface area contributed by atoms with Crippen molar-refractivity contribution in [2.45, 2.75) is 34.6 Å². The van der Waals surface area contributed by atoms with Crippen molar-refractivity contribution in [1.82, 2.24) is 4.90 Å². The summed E-state index contributed by atoms with van der Waals surface area (Å²) in [4.78, 5) is 14.4. The largest absolute Gasteiger partial charge is 0.494 e. The Kier molecular flexibility index (Phi) is 7.39. The van der Waals surface area contributed by atoms with Crippen molar-refractivity contribution in [1.29, 1.82) is 0 Å². The van der Waals surface area contributed by atoms with Gasteiger partial charge in [-0.25, -0.2) is 4.79 Å². The second-order valence-electron chi connectivity index (χ2n) is 6.16. The Morgan fingerprint density at radius 2 is 1.68 bits per heavy atom. The molecule has 124 valence electrons. The van der Waals surface area contributed by atoms with Gasteiger partial charge in [0.2, 0.25) is 0 Å². The van der Waals surface area contributed by atoms with Gasteiger partial charge in [0.15, 0.2) is 0 Å². The Morgan fingerprint density at radius 1 is 1.09 bits per heavy atom. The summed E-state index contributed by atoms with van der Waals surface area (Å²) < 4.78 is 10.8. The molecule has 0 saturated carbocycles. The fraction of sp³-hybridized carbons (Fsp3) is 0.611. The number of nitrogens with zero attached hydrogens (tertiary/aromatic N) is 1. The summed E-state index contributed by atoms with van der Waals surface area (Å²) in [6, 6.07) is 7.07. The molecule has 0 saturated heterocycles. The van der Waals surface area contributed by atoms with E-state index in [9.17, 15) is 4.79 Å². The minimum absolute atomic E-state index is 0.0626. The first-order valence-corrected chi connectivity index (χ1v) is 8.04. The average Bonchev–Trinajstić information content (AvgIpc) is 2.51. The molecule has 0 spiro atoms. The molecule has 0 amide bonds. The molecule has 4 heteroatoms. The SMILES string of the molecule is CCOc1ccc(C(=O)OCC(C)(C)CN(CC)CC)cc1. The van der Waals surface area contributed by atoms with Gasteiger partial charge >= 0.3 is 5.97 Å². The summed E-state index contributed by atoms with van der Waals surface area (Å²) in [5, 5.41) is 0. The van der Waals surface area contributed by atoms with Crippen LogP contribution in [0.15, 0.2) is 24.3 Å². The van der Waals surface area contributed by atoms with Gasteiger partial charge in [0.05, 0.1) is 18.8 Å².